The van der Waals surface area contributed by atoms with E-state index in [4.69, 9.17) is 14.5 Å². The van der Waals surface area contributed by atoms with Gasteiger partial charge in [-0.2, -0.15) is 0 Å². The van der Waals surface area contributed by atoms with Crippen molar-refractivity contribution < 1.29 is 28.7 Å². The van der Waals surface area contributed by atoms with Crippen LogP contribution in [0.4, 0.5) is 17.1 Å². The molecule has 7 rings (SSSR count). The van der Waals surface area contributed by atoms with Crippen LogP contribution in [0.2, 0.25) is 0 Å². The number of ether oxygens (including phenoxy) is 2. The minimum absolute atomic E-state index is 0.0415. The zero-order valence-electron chi connectivity index (χ0n) is 30.0. The van der Waals surface area contributed by atoms with Crippen molar-refractivity contribution in [3.8, 4) is 16.9 Å². The van der Waals surface area contributed by atoms with Gasteiger partial charge in [0, 0.05) is 63.0 Å². The summed E-state index contributed by atoms with van der Waals surface area (Å²) in [6, 6.07) is 22.4. The number of hydrogen-bond donors (Lipinski definition) is 2. The van der Waals surface area contributed by atoms with E-state index in [-0.39, 0.29) is 30.2 Å². The molecule has 0 aliphatic carbocycles. The predicted molar refractivity (Wildman–Crippen MR) is 202 cm³/mol. The van der Waals surface area contributed by atoms with Crippen LogP contribution in [0.1, 0.15) is 60.9 Å². The molecule has 0 unspecified atom stereocenters. The number of benzene rings is 3. The molecule has 3 aromatic carbocycles. The third-order valence-corrected chi connectivity index (χ3v) is 9.66. The Morgan fingerprint density at radius 3 is 2.40 bits per heavy atom. The van der Waals surface area contributed by atoms with E-state index < -0.39 is 5.97 Å². The number of carbonyl (C=O) groups excluding carboxylic acids is 4. The molecule has 53 heavy (non-hydrogen) atoms. The van der Waals surface area contributed by atoms with Crippen LogP contribution in [0.3, 0.4) is 0 Å². The van der Waals surface area contributed by atoms with Crippen LogP contribution < -0.4 is 15.4 Å². The third-order valence-electron chi connectivity index (χ3n) is 9.66. The van der Waals surface area contributed by atoms with Crippen molar-refractivity contribution in [2.24, 2.45) is 19.1 Å². The molecule has 0 bridgehead atoms. The smallest absolute Gasteiger partial charge is 0.354 e. The molecule has 12 heteroatoms. The lowest BCUT2D eigenvalue weighted by molar-refractivity contribution is -0.116. The molecule has 4 heterocycles. The molecule has 2 N–H and O–H groups in total. The molecule has 0 radical (unpaired) electrons. The minimum Gasteiger partial charge on any atom is -0.493 e. The number of nitrogens with one attached hydrogen (secondary N) is 2. The summed E-state index contributed by atoms with van der Waals surface area (Å²) in [6.45, 7) is 2.75. The lowest BCUT2D eigenvalue weighted by Crippen LogP contribution is -2.44. The number of amides is 3. The highest BCUT2D eigenvalue weighted by Crippen LogP contribution is 2.35. The SMILES string of the molecule is COC(=O)c1cc(-c2ccc(NC(=O)c3cc(NC(=O)CCCOc4cc5c(cc4C)C(=O)N4Cc6ccccc6C[C@H]4C=N5)cn3C)cc2)cn1C. The highest BCUT2D eigenvalue weighted by atomic mass is 16.5. The van der Waals surface area contributed by atoms with Crippen LogP contribution in [0.25, 0.3) is 11.1 Å². The number of methoxy groups -OCH3 is 1. The quantitative estimate of drug-likeness (QED) is 0.126. The van der Waals surface area contributed by atoms with E-state index in [0.29, 0.717) is 59.3 Å². The Bertz CT molecular complexity index is 2270. The van der Waals surface area contributed by atoms with Crippen molar-refractivity contribution in [1.29, 1.82) is 0 Å². The first-order chi connectivity index (χ1) is 25.6. The Morgan fingerprint density at radius 1 is 0.868 bits per heavy atom. The van der Waals surface area contributed by atoms with Crippen LogP contribution in [0.15, 0.2) is 90.2 Å². The molecular formula is C41H40N6O6. The molecule has 0 saturated heterocycles. The summed E-state index contributed by atoms with van der Waals surface area (Å²) in [6.07, 6.45) is 6.79. The fraction of sp³-hybridized carbons (Fsp3) is 0.244. The number of carbonyl (C=O) groups is 4. The number of rotatable bonds is 10. The van der Waals surface area contributed by atoms with Gasteiger partial charge < -0.3 is 34.1 Å². The van der Waals surface area contributed by atoms with E-state index in [0.717, 1.165) is 28.7 Å². The first-order valence-corrected chi connectivity index (χ1v) is 17.4. The van der Waals surface area contributed by atoms with Gasteiger partial charge in [0.05, 0.1) is 36.7 Å². The Balaban J connectivity index is 0.903. The van der Waals surface area contributed by atoms with Gasteiger partial charge in [-0.05, 0) is 72.4 Å². The molecule has 2 aromatic heterocycles. The maximum Gasteiger partial charge on any atom is 0.354 e. The summed E-state index contributed by atoms with van der Waals surface area (Å²) >= 11 is 0. The second-order valence-corrected chi connectivity index (χ2v) is 13.4. The van der Waals surface area contributed by atoms with Gasteiger partial charge in [-0.15, -0.1) is 0 Å². The topological polar surface area (TPSA) is 136 Å². The second kappa shape index (κ2) is 14.7. The Kier molecular flexibility index (Phi) is 9.68. The van der Waals surface area contributed by atoms with E-state index in [1.165, 1.54) is 12.7 Å². The summed E-state index contributed by atoms with van der Waals surface area (Å²) in [5, 5.41) is 5.76. The monoisotopic (exact) mass is 712 g/mol. The molecule has 270 valence electrons. The van der Waals surface area contributed by atoms with Gasteiger partial charge in [-0.1, -0.05) is 36.4 Å². The van der Waals surface area contributed by atoms with Gasteiger partial charge >= 0.3 is 5.97 Å². The van der Waals surface area contributed by atoms with Crippen molar-refractivity contribution in [2.45, 2.75) is 38.8 Å². The maximum absolute atomic E-state index is 13.6. The number of esters is 1. The highest BCUT2D eigenvalue weighted by Gasteiger charge is 2.32. The fourth-order valence-electron chi connectivity index (χ4n) is 6.80. The molecule has 2 aliphatic rings. The Labute approximate surface area is 307 Å². The predicted octanol–water partition coefficient (Wildman–Crippen LogP) is 6.46. The van der Waals surface area contributed by atoms with Gasteiger partial charge in [0.1, 0.15) is 17.1 Å². The van der Waals surface area contributed by atoms with E-state index >= 15 is 0 Å². The van der Waals surface area contributed by atoms with Gasteiger partial charge in [-0.25, -0.2) is 4.79 Å². The van der Waals surface area contributed by atoms with Gasteiger partial charge in [0.25, 0.3) is 11.8 Å². The molecule has 3 amide bonds. The van der Waals surface area contributed by atoms with Gasteiger partial charge in [-0.3, -0.25) is 19.4 Å². The molecular weight excluding hydrogens is 672 g/mol. The van der Waals surface area contributed by atoms with Crippen LogP contribution >= 0.6 is 0 Å². The van der Waals surface area contributed by atoms with Crippen molar-refractivity contribution in [2.75, 3.05) is 24.4 Å². The first-order valence-electron chi connectivity index (χ1n) is 17.4. The van der Waals surface area contributed by atoms with E-state index in [1.54, 1.807) is 59.8 Å². The molecule has 2 aliphatic heterocycles. The number of aromatic nitrogens is 2. The van der Waals surface area contributed by atoms with Crippen molar-refractivity contribution in [3.63, 3.8) is 0 Å². The zero-order valence-corrected chi connectivity index (χ0v) is 30.0. The number of aliphatic imine (C=N–C) groups is 1. The molecule has 0 fully saturated rings. The third kappa shape index (κ3) is 7.34. The summed E-state index contributed by atoms with van der Waals surface area (Å²) < 4.78 is 14.2. The number of aryl methyl sites for hydroxylation is 3. The number of hydrogen-bond acceptors (Lipinski definition) is 7. The van der Waals surface area contributed by atoms with Gasteiger partial charge in [0.2, 0.25) is 5.91 Å². The minimum atomic E-state index is -0.416. The van der Waals surface area contributed by atoms with E-state index in [2.05, 4.69) is 22.8 Å². The average Bonchev–Trinajstić information content (AvgIpc) is 3.70. The normalized spacial score (nSPS) is 14.5. The van der Waals surface area contributed by atoms with Crippen molar-refractivity contribution >= 4 is 47.0 Å². The van der Waals surface area contributed by atoms with Crippen LogP contribution in [0.5, 0.6) is 5.75 Å². The Morgan fingerprint density at radius 2 is 1.62 bits per heavy atom. The summed E-state index contributed by atoms with van der Waals surface area (Å²) in [4.78, 5) is 58.0. The molecule has 0 spiro atoms. The van der Waals surface area contributed by atoms with Gasteiger partial charge in [0.15, 0.2) is 0 Å². The number of anilines is 2. The van der Waals surface area contributed by atoms with Crippen molar-refractivity contribution in [1.82, 2.24) is 14.0 Å². The van der Waals surface area contributed by atoms with E-state index in [1.807, 2.05) is 54.6 Å². The van der Waals surface area contributed by atoms with Crippen LogP contribution in [-0.4, -0.2) is 63.7 Å². The summed E-state index contributed by atoms with van der Waals surface area (Å²) in [5.41, 5.74) is 8.00. The van der Waals surface area contributed by atoms with Crippen LogP contribution in [-0.2, 0) is 36.6 Å². The second-order valence-electron chi connectivity index (χ2n) is 13.4. The fourth-order valence-corrected chi connectivity index (χ4v) is 6.80. The zero-order chi connectivity index (χ0) is 37.2. The lowest BCUT2D eigenvalue weighted by Gasteiger charge is -2.34. The molecule has 12 nitrogen and oxygen atoms in total. The molecule has 1 atom stereocenters. The first kappa shape index (κ1) is 35.0. The summed E-state index contributed by atoms with van der Waals surface area (Å²) in [5.74, 6) is -0.367. The van der Waals surface area contributed by atoms with E-state index in [9.17, 15) is 19.2 Å². The van der Waals surface area contributed by atoms with Crippen molar-refractivity contribution in [3.05, 3.63) is 119 Å². The molecule has 0 saturated carbocycles. The molecule has 5 aromatic rings. The maximum atomic E-state index is 13.6. The number of nitrogens with zero attached hydrogens (tertiary/aromatic N) is 4. The number of fused-ring (bicyclic) bond motifs is 3. The standard InChI is InChI=1S/C41H40N6O6/c1-25-16-33-34(42-21-32-17-27-8-5-6-9-28(27)23-47(32)40(33)50)20-37(25)53-15-7-10-38(48)43-31-19-35(46(3)24-31)39(49)44-30-13-11-26(12-14-30)29-18-36(41(51)52-4)45(2)22-29/h5-6,8-9,11-14,16,18-22,24,32H,7,10,15,17,23H2,1-4H3,(H,43,48)(H,44,49)/t32-/m0/s1. The Hall–Kier alpha value is -6.43. The average molecular weight is 713 g/mol. The summed E-state index contributed by atoms with van der Waals surface area (Å²) in [7, 11) is 4.86. The lowest BCUT2D eigenvalue weighted by atomic mass is 9.94. The highest BCUT2D eigenvalue weighted by molar-refractivity contribution is 6.05. The largest absolute Gasteiger partial charge is 0.493 e. The van der Waals surface area contributed by atoms with Crippen LogP contribution in [0, 0.1) is 6.92 Å².